The molecule has 1 unspecified atom stereocenters. The molecule has 5 aromatic carbocycles. The van der Waals surface area contributed by atoms with Crippen molar-refractivity contribution in [3.63, 3.8) is 0 Å². The van der Waals surface area contributed by atoms with E-state index in [1.807, 2.05) is 91.0 Å². The Bertz CT molecular complexity index is 1680. The second-order valence-electron chi connectivity index (χ2n) is 11.3. The van der Waals surface area contributed by atoms with Gasteiger partial charge in [-0.1, -0.05) is 115 Å². The minimum atomic E-state index is -1.86. The lowest BCUT2D eigenvalue weighted by Crippen LogP contribution is -2.58. The monoisotopic (exact) mass is 596 g/mol. The van der Waals surface area contributed by atoms with E-state index in [1.54, 1.807) is 29.2 Å². The molecule has 2 atom stereocenters. The Labute approximate surface area is 263 Å². The number of hydrogen-bond acceptors (Lipinski definition) is 5. The van der Waals surface area contributed by atoms with Crippen LogP contribution in [0.4, 0.5) is 11.4 Å². The Morgan fingerprint density at radius 2 is 1.18 bits per heavy atom. The van der Waals surface area contributed by atoms with Crippen molar-refractivity contribution in [2.45, 2.75) is 24.3 Å². The van der Waals surface area contributed by atoms with Crippen LogP contribution in [0.15, 0.2) is 140 Å². The maximum absolute atomic E-state index is 14.6. The first kappa shape index (κ1) is 29.9. The first-order valence-corrected chi connectivity index (χ1v) is 15.3. The fourth-order valence-corrected chi connectivity index (χ4v) is 6.78. The van der Waals surface area contributed by atoms with Crippen molar-refractivity contribution in [2.24, 2.45) is 11.7 Å². The number of hydrogen-bond donors (Lipinski definition) is 2. The number of nitrogens with zero attached hydrogens (tertiary/aromatic N) is 1. The zero-order valence-electron chi connectivity index (χ0n) is 25.0. The Morgan fingerprint density at radius 3 is 1.67 bits per heavy atom. The highest BCUT2D eigenvalue weighted by Crippen LogP contribution is 2.48. The topological polar surface area (TPSA) is 92.9 Å². The fraction of sp³-hybridized carbons (Fsp3) is 0.179. The predicted molar refractivity (Wildman–Crippen MR) is 177 cm³/mol. The highest BCUT2D eigenvalue weighted by molar-refractivity contribution is 5.95. The summed E-state index contributed by atoms with van der Waals surface area (Å²) in [4.78, 5) is 30.4. The smallest absolute Gasteiger partial charge is 0.335 e. The number of carboxylic acids is 1. The third-order valence-corrected chi connectivity index (χ3v) is 8.76. The molecule has 0 fully saturated rings. The van der Waals surface area contributed by atoms with Crippen LogP contribution in [0.5, 0.6) is 0 Å². The minimum Gasteiger partial charge on any atom is -0.479 e. The van der Waals surface area contributed by atoms with E-state index in [4.69, 9.17) is 10.5 Å². The van der Waals surface area contributed by atoms with Gasteiger partial charge in [0, 0.05) is 17.3 Å². The van der Waals surface area contributed by atoms with Gasteiger partial charge in [-0.2, -0.15) is 0 Å². The molecule has 0 aromatic heterocycles. The van der Waals surface area contributed by atoms with E-state index in [0.717, 1.165) is 22.3 Å². The number of anilines is 2. The van der Waals surface area contributed by atoms with Crippen LogP contribution in [0.1, 0.15) is 35.4 Å². The van der Waals surface area contributed by atoms with Crippen LogP contribution < -0.4 is 10.6 Å². The number of rotatable bonds is 12. The summed E-state index contributed by atoms with van der Waals surface area (Å²) in [5.74, 6) is -2.99. The van der Waals surface area contributed by atoms with Crippen molar-refractivity contribution in [1.82, 2.24) is 0 Å². The van der Waals surface area contributed by atoms with Crippen LogP contribution >= 0.6 is 0 Å². The molecule has 0 radical (unpaired) electrons. The molecular weight excluding hydrogens is 560 g/mol. The molecule has 6 heteroatoms. The minimum absolute atomic E-state index is 0.0904. The summed E-state index contributed by atoms with van der Waals surface area (Å²) in [6.07, 6.45) is 0.651. The van der Waals surface area contributed by atoms with Gasteiger partial charge < -0.3 is 20.5 Å². The van der Waals surface area contributed by atoms with Crippen molar-refractivity contribution in [3.05, 3.63) is 156 Å². The van der Waals surface area contributed by atoms with Crippen molar-refractivity contribution in [2.75, 3.05) is 18.1 Å². The third kappa shape index (κ3) is 5.49. The molecule has 0 heterocycles. The third-order valence-electron chi connectivity index (χ3n) is 8.76. The number of carbonyl (C=O) groups excluding carboxylic acids is 1. The molecule has 0 aliphatic heterocycles. The van der Waals surface area contributed by atoms with Crippen molar-refractivity contribution in [1.29, 1.82) is 0 Å². The van der Waals surface area contributed by atoms with Gasteiger partial charge >= 0.3 is 11.9 Å². The molecule has 45 heavy (non-hydrogen) atoms. The molecular formula is C39H36N2O4. The molecule has 1 aliphatic carbocycles. The van der Waals surface area contributed by atoms with Gasteiger partial charge in [0.15, 0.2) is 5.54 Å². The largest absolute Gasteiger partial charge is 0.479 e. The number of esters is 1. The van der Waals surface area contributed by atoms with Crippen LogP contribution in [0, 0.1) is 5.92 Å². The number of benzene rings is 5. The summed E-state index contributed by atoms with van der Waals surface area (Å²) < 4.78 is 6.23. The summed E-state index contributed by atoms with van der Waals surface area (Å²) in [5.41, 5.74) is 10.3. The molecule has 3 N–H and O–H groups in total. The molecule has 0 saturated heterocycles. The number of carboxylic acid groups (broad SMARTS) is 1. The van der Waals surface area contributed by atoms with E-state index in [1.165, 1.54) is 0 Å². The van der Waals surface area contributed by atoms with Gasteiger partial charge in [0.1, 0.15) is 6.61 Å². The molecule has 0 saturated carbocycles. The van der Waals surface area contributed by atoms with E-state index >= 15 is 0 Å². The SMILES string of the molecule is NCCCC(C(=O)OCC1c2ccccc2-c2ccccc21)[C@](C(=O)O)(c1ccccc1)N(c1ccccc1)c1ccccc1. The second kappa shape index (κ2) is 13.2. The number of ether oxygens (including phenoxy) is 1. The number of aliphatic carboxylic acids is 1. The molecule has 6 nitrogen and oxygen atoms in total. The second-order valence-corrected chi connectivity index (χ2v) is 11.3. The van der Waals surface area contributed by atoms with Gasteiger partial charge in [0.25, 0.3) is 0 Å². The Morgan fingerprint density at radius 1 is 0.711 bits per heavy atom. The maximum Gasteiger partial charge on any atom is 0.335 e. The summed E-state index contributed by atoms with van der Waals surface area (Å²) in [6.45, 7) is 0.390. The number of fused-ring (bicyclic) bond motifs is 3. The van der Waals surface area contributed by atoms with Crippen molar-refractivity contribution in [3.8, 4) is 11.1 Å². The van der Waals surface area contributed by atoms with Crippen LogP contribution in [-0.4, -0.2) is 30.2 Å². The summed E-state index contributed by atoms with van der Waals surface area (Å²) in [6, 6.07) is 44.0. The van der Waals surface area contributed by atoms with Crippen LogP contribution in [0.2, 0.25) is 0 Å². The van der Waals surface area contributed by atoms with Crippen molar-refractivity contribution >= 4 is 23.3 Å². The average Bonchev–Trinajstić information content (AvgIpc) is 3.41. The highest BCUT2D eigenvalue weighted by atomic mass is 16.5. The van der Waals surface area contributed by atoms with E-state index < -0.39 is 23.4 Å². The number of nitrogens with two attached hydrogens (primary N) is 1. The lowest BCUT2D eigenvalue weighted by atomic mass is 9.73. The van der Waals surface area contributed by atoms with Crippen molar-refractivity contribution < 1.29 is 19.4 Å². The van der Waals surface area contributed by atoms with Gasteiger partial charge in [0.05, 0.1) is 5.92 Å². The van der Waals surface area contributed by atoms with Crippen LogP contribution in [0.25, 0.3) is 11.1 Å². The standard InChI is InChI=1S/C39H36N2O4/c40-26-14-25-36(37(42)45-27-35-33-23-12-10-21-31(33)32-22-11-13-24-34(32)35)39(38(43)44,28-15-4-1-5-16-28)41(29-17-6-2-7-18-29)30-19-8-3-9-20-30/h1-13,15-24,35-36H,14,25-27,40H2,(H,43,44)/t36?,39-/m0/s1. The lowest BCUT2D eigenvalue weighted by molar-refractivity contribution is -0.160. The van der Waals surface area contributed by atoms with Gasteiger partial charge in [0.2, 0.25) is 0 Å². The first-order chi connectivity index (χ1) is 22.1. The summed E-state index contributed by atoms with van der Waals surface area (Å²) in [5, 5.41) is 11.4. The molecule has 0 spiro atoms. The molecule has 226 valence electrons. The first-order valence-electron chi connectivity index (χ1n) is 15.3. The molecule has 6 rings (SSSR count). The van der Waals surface area contributed by atoms with Gasteiger partial charge in [-0.05, 0) is 71.5 Å². The average molecular weight is 597 g/mol. The van der Waals surface area contributed by atoms with E-state index in [9.17, 15) is 14.7 Å². The quantitative estimate of drug-likeness (QED) is 0.145. The van der Waals surface area contributed by atoms with Gasteiger partial charge in [-0.3, -0.25) is 4.79 Å². The van der Waals surface area contributed by atoms with Gasteiger partial charge in [-0.25, -0.2) is 4.79 Å². The zero-order valence-corrected chi connectivity index (χ0v) is 25.0. The summed E-state index contributed by atoms with van der Waals surface area (Å²) in [7, 11) is 0. The zero-order chi connectivity index (χ0) is 31.2. The molecule has 1 aliphatic rings. The molecule has 5 aromatic rings. The fourth-order valence-electron chi connectivity index (χ4n) is 6.78. The Kier molecular flexibility index (Phi) is 8.76. The van der Waals surface area contributed by atoms with E-state index in [2.05, 4.69) is 24.3 Å². The van der Waals surface area contributed by atoms with E-state index in [-0.39, 0.29) is 18.9 Å². The molecule has 0 amide bonds. The molecule has 0 bridgehead atoms. The Balaban J connectivity index is 1.48. The number of para-hydroxylation sites is 2. The maximum atomic E-state index is 14.6. The van der Waals surface area contributed by atoms with Crippen LogP contribution in [0.3, 0.4) is 0 Å². The normalized spacial score (nSPS) is 14.1. The Hall–Kier alpha value is -5.20. The number of carbonyl (C=O) groups is 2. The van der Waals surface area contributed by atoms with E-state index in [0.29, 0.717) is 29.9 Å². The van der Waals surface area contributed by atoms with Gasteiger partial charge in [-0.15, -0.1) is 0 Å². The highest BCUT2D eigenvalue weighted by Gasteiger charge is 2.56. The van der Waals surface area contributed by atoms with Crippen LogP contribution in [-0.2, 0) is 19.9 Å². The predicted octanol–water partition coefficient (Wildman–Crippen LogP) is 7.52. The lowest BCUT2D eigenvalue weighted by Gasteiger charge is -2.46. The summed E-state index contributed by atoms with van der Waals surface area (Å²) >= 11 is 0.